The number of hydrogen-bond acceptors (Lipinski definition) is 3. The number of amides is 1. The summed E-state index contributed by atoms with van der Waals surface area (Å²) in [5, 5.41) is 0. The van der Waals surface area contributed by atoms with E-state index in [2.05, 4.69) is 52.2 Å². The van der Waals surface area contributed by atoms with E-state index < -0.39 is 0 Å². The predicted octanol–water partition coefficient (Wildman–Crippen LogP) is 2.81. The SMILES string of the molecule is CN(C)C(=O)c1ccc(CN(C)C2CCCN(Cc3ccccc3)C2)[nH]1. The van der Waals surface area contributed by atoms with Gasteiger partial charge < -0.3 is 9.88 Å². The third-order valence-corrected chi connectivity index (χ3v) is 5.16. The van der Waals surface area contributed by atoms with Crippen molar-refractivity contribution >= 4 is 5.91 Å². The molecule has 1 fully saturated rings. The normalized spacial score (nSPS) is 18.2. The lowest BCUT2D eigenvalue weighted by atomic mass is 10.0. The third kappa shape index (κ3) is 4.74. The van der Waals surface area contributed by atoms with Gasteiger partial charge in [0.05, 0.1) is 0 Å². The number of nitrogens with zero attached hydrogens (tertiary/aromatic N) is 3. The van der Waals surface area contributed by atoms with Crippen LogP contribution in [0.3, 0.4) is 0 Å². The van der Waals surface area contributed by atoms with Crippen LogP contribution in [0.2, 0.25) is 0 Å². The van der Waals surface area contributed by atoms with Gasteiger partial charge in [-0.1, -0.05) is 30.3 Å². The number of carbonyl (C=O) groups is 1. The van der Waals surface area contributed by atoms with Crippen molar-refractivity contribution in [2.24, 2.45) is 0 Å². The standard InChI is InChI=1S/C21H30N4O/c1-23(2)21(26)20-12-11-18(22-20)15-24(3)19-10-7-13-25(16-19)14-17-8-5-4-6-9-17/h4-6,8-9,11-12,19,22H,7,10,13-16H2,1-3H3. The first-order valence-corrected chi connectivity index (χ1v) is 9.39. The van der Waals surface area contributed by atoms with E-state index in [9.17, 15) is 4.79 Å². The summed E-state index contributed by atoms with van der Waals surface area (Å²) in [6, 6.07) is 15.2. The zero-order valence-corrected chi connectivity index (χ0v) is 16.1. The van der Waals surface area contributed by atoms with Gasteiger partial charge in [-0.3, -0.25) is 14.6 Å². The van der Waals surface area contributed by atoms with E-state index in [1.807, 2.05) is 12.1 Å². The van der Waals surface area contributed by atoms with Gasteiger partial charge in [0, 0.05) is 45.5 Å². The fraction of sp³-hybridized carbons (Fsp3) is 0.476. The highest BCUT2D eigenvalue weighted by Gasteiger charge is 2.23. The number of piperidine rings is 1. The summed E-state index contributed by atoms with van der Waals surface area (Å²) < 4.78 is 0. The molecule has 3 rings (SSSR count). The molecule has 2 aromatic rings. The van der Waals surface area contributed by atoms with Crippen molar-refractivity contribution in [2.75, 3.05) is 34.2 Å². The highest BCUT2D eigenvalue weighted by Crippen LogP contribution is 2.19. The quantitative estimate of drug-likeness (QED) is 0.867. The molecule has 1 saturated heterocycles. The fourth-order valence-corrected chi connectivity index (χ4v) is 3.67. The highest BCUT2D eigenvalue weighted by molar-refractivity contribution is 5.92. The van der Waals surface area contributed by atoms with E-state index in [-0.39, 0.29) is 5.91 Å². The lowest BCUT2D eigenvalue weighted by Crippen LogP contribution is -2.45. The highest BCUT2D eigenvalue weighted by atomic mass is 16.2. The minimum absolute atomic E-state index is 0.0191. The van der Waals surface area contributed by atoms with E-state index in [4.69, 9.17) is 0 Å². The van der Waals surface area contributed by atoms with Crippen LogP contribution in [0.15, 0.2) is 42.5 Å². The number of likely N-dealkylation sites (N-methyl/N-ethyl adjacent to an activating group) is 1. The Morgan fingerprint density at radius 2 is 1.92 bits per heavy atom. The molecule has 0 spiro atoms. The van der Waals surface area contributed by atoms with Gasteiger partial charge in [0.2, 0.25) is 0 Å². The fourth-order valence-electron chi connectivity index (χ4n) is 3.67. The number of hydrogen-bond donors (Lipinski definition) is 1. The molecule has 1 aliphatic rings. The van der Waals surface area contributed by atoms with Crippen LogP contribution in [0, 0.1) is 0 Å². The molecule has 0 bridgehead atoms. The summed E-state index contributed by atoms with van der Waals surface area (Å²) in [5.74, 6) is 0.0191. The maximum Gasteiger partial charge on any atom is 0.269 e. The monoisotopic (exact) mass is 354 g/mol. The topological polar surface area (TPSA) is 42.6 Å². The van der Waals surface area contributed by atoms with E-state index in [0.29, 0.717) is 11.7 Å². The molecule has 1 aromatic carbocycles. The predicted molar refractivity (Wildman–Crippen MR) is 105 cm³/mol. The Balaban J connectivity index is 1.56. The van der Waals surface area contributed by atoms with Crippen LogP contribution in [0.25, 0.3) is 0 Å². The van der Waals surface area contributed by atoms with Crippen LogP contribution in [-0.4, -0.2) is 65.9 Å². The number of rotatable bonds is 6. The van der Waals surface area contributed by atoms with Gasteiger partial charge in [0.1, 0.15) is 5.69 Å². The van der Waals surface area contributed by atoms with Gasteiger partial charge in [-0.15, -0.1) is 0 Å². The van der Waals surface area contributed by atoms with Gasteiger partial charge in [-0.05, 0) is 44.1 Å². The van der Waals surface area contributed by atoms with Crippen molar-refractivity contribution < 1.29 is 4.79 Å². The van der Waals surface area contributed by atoms with Gasteiger partial charge >= 0.3 is 0 Å². The maximum atomic E-state index is 12.0. The Morgan fingerprint density at radius 3 is 2.65 bits per heavy atom. The first-order valence-electron chi connectivity index (χ1n) is 9.39. The third-order valence-electron chi connectivity index (χ3n) is 5.16. The van der Waals surface area contributed by atoms with Crippen LogP contribution in [-0.2, 0) is 13.1 Å². The van der Waals surface area contributed by atoms with Gasteiger partial charge in [-0.25, -0.2) is 0 Å². The zero-order chi connectivity index (χ0) is 18.5. The van der Waals surface area contributed by atoms with Crippen molar-refractivity contribution in [3.05, 3.63) is 59.4 Å². The van der Waals surface area contributed by atoms with Crippen LogP contribution < -0.4 is 0 Å². The molecule has 0 radical (unpaired) electrons. The maximum absolute atomic E-state index is 12.0. The summed E-state index contributed by atoms with van der Waals surface area (Å²) in [4.78, 5) is 21.9. The number of likely N-dealkylation sites (tertiary alicyclic amines) is 1. The van der Waals surface area contributed by atoms with Crippen molar-refractivity contribution in [3.63, 3.8) is 0 Å². The molecule has 2 heterocycles. The number of aromatic amines is 1. The van der Waals surface area contributed by atoms with E-state index in [1.54, 1.807) is 19.0 Å². The smallest absolute Gasteiger partial charge is 0.269 e. The van der Waals surface area contributed by atoms with Crippen LogP contribution in [0.5, 0.6) is 0 Å². The second kappa shape index (κ2) is 8.52. The first kappa shape index (κ1) is 18.7. The Kier molecular flexibility index (Phi) is 6.12. The molecule has 1 atom stereocenters. The van der Waals surface area contributed by atoms with Gasteiger partial charge in [-0.2, -0.15) is 0 Å². The molecule has 1 N–H and O–H groups in total. The van der Waals surface area contributed by atoms with E-state index in [1.165, 1.54) is 24.9 Å². The summed E-state index contributed by atoms with van der Waals surface area (Å²) in [7, 11) is 5.74. The number of H-pyrrole nitrogens is 1. The average Bonchev–Trinajstić information content (AvgIpc) is 3.10. The number of carbonyl (C=O) groups excluding carboxylic acids is 1. The van der Waals surface area contributed by atoms with Crippen molar-refractivity contribution in [3.8, 4) is 0 Å². The molecule has 0 aliphatic carbocycles. The summed E-state index contributed by atoms with van der Waals surface area (Å²) in [6.07, 6.45) is 2.46. The first-order chi connectivity index (χ1) is 12.5. The Morgan fingerprint density at radius 1 is 1.15 bits per heavy atom. The van der Waals surface area contributed by atoms with Gasteiger partial charge in [0.25, 0.3) is 5.91 Å². The van der Waals surface area contributed by atoms with Crippen molar-refractivity contribution in [1.82, 2.24) is 19.7 Å². The minimum Gasteiger partial charge on any atom is -0.353 e. The van der Waals surface area contributed by atoms with Gasteiger partial charge in [0.15, 0.2) is 0 Å². The summed E-state index contributed by atoms with van der Waals surface area (Å²) in [6.45, 7) is 4.12. The Bertz CT molecular complexity index is 710. The minimum atomic E-state index is 0.0191. The largest absolute Gasteiger partial charge is 0.353 e. The van der Waals surface area contributed by atoms with Crippen molar-refractivity contribution in [2.45, 2.75) is 32.0 Å². The molecule has 5 nitrogen and oxygen atoms in total. The number of nitrogens with one attached hydrogen (secondary N) is 1. The molecule has 140 valence electrons. The second-order valence-corrected chi connectivity index (χ2v) is 7.53. The molecule has 1 unspecified atom stereocenters. The zero-order valence-electron chi connectivity index (χ0n) is 16.1. The lowest BCUT2D eigenvalue weighted by Gasteiger charge is -2.37. The summed E-state index contributed by atoms with van der Waals surface area (Å²) in [5.41, 5.74) is 3.14. The summed E-state index contributed by atoms with van der Waals surface area (Å²) >= 11 is 0. The molecular formula is C21H30N4O. The molecule has 0 saturated carbocycles. The molecular weight excluding hydrogens is 324 g/mol. The number of aromatic nitrogens is 1. The number of benzene rings is 1. The molecule has 26 heavy (non-hydrogen) atoms. The van der Waals surface area contributed by atoms with Crippen LogP contribution in [0.4, 0.5) is 0 Å². The molecule has 5 heteroatoms. The second-order valence-electron chi connectivity index (χ2n) is 7.53. The Hall–Kier alpha value is -2.11. The Labute approximate surface area is 156 Å². The van der Waals surface area contributed by atoms with Crippen LogP contribution in [0.1, 0.15) is 34.6 Å². The average molecular weight is 354 g/mol. The van der Waals surface area contributed by atoms with Crippen LogP contribution >= 0.6 is 0 Å². The van der Waals surface area contributed by atoms with Crippen molar-refractivity contribution in [1.29, 1.82) is 0 Å². The molecule has 1 amide bonds. The van der Waals surface area contributed by atoms with E-state index in [0.717, 1.165) is 25.3 Å². The molecule has 1 aromatic heterocycles. The van der Waals surface area contributed by atoms with E-state index >= 15 is 0 Å². The molecule has 1 aliphatic heterocycles. The lowest BCUT2D eigenvalue weighted by molar-refractivity contribution is 0.0822.